The van der Waals surface area contributed by atoms with E-state index in [-0.39, 0.29) is 11.7 Å². The van der Waals surface area contributed by atoms with E-state index in [4.69, 9.17) is 5.11 Å². The highest BCUT2D eigenvalue weighted by molar-refractivity contribution is 5.70. The van der Waals surface area contributed by atoms with E-state index < -0.39 is 5.97 Å². The molecule has 1 aromatic carbocycles. The predicted molar refractivity (Wildman–Crippen MR) is 79.0 cm³/mol. The van der Waals surface area contributed by atoms with Crippen LogP contribution in [-0.2, 0) is 4.79 Å². The van der Waals surface area contributed by atoms with Crippen LogP contribution in [0.2, 0.25) is 0 Å². The average molecular weight is 292 g/mol. The molecule has 3 rings (SSSR count). The molecule has 0 aromatic heterocycles. The van der Waals surface area contributed by atoms with E-state index in [1.165, 1.54) is 12.1 Å². The van der Waals surface area contributed by atoms with Crippen LogP contribution in [0.4, 0.5) is 10.1 Å². The van der Waals surface area contributed by atoms with E-state index in [1.807, 2.05) is 12.1 Å². The Labute approximate surface area is 124 Å². The van der Waals surface area contributed by atoms with Gasteiger partial charge in [-0.1, -0.05) is 0 Å². The minimum Gasteiger partial charge on any atom is -0.481 e. The fourth-order valence-electron chi connectivity index (χ4n) is 3.51. The van der Waals surface area contributed by atoms with E-state index in [2.05, 4.69) is 9.80 Å². The van der Waals surface area contributed by atoms with Crippen LogP contribution < -0.4 is 4.90 Å². The van der Waals surface area contributed by atoms with Gasteiger partial charge >= 0.3 is 5.97 Å². The fourth-order valence-corrected chi connectivity index (χ4v) is 3.51. The Hall–Kier alpha value is -1.62. The summed E-state index contributed by atoms with van der Waals surface area (Å²) in [6, 6.07) is 7.05. The molecule has 2 fully saturated rings. The Morgan fingerprint density at radius 2 is 1.76 bits per heavy atom. The first kappa shape index (κ1) is 14.3. The molecule has 0 amide bonds. The topological polar surface area (TPSA) is 43.8 Å². The average Bonchev–Trinajstić information content (AvgIpc) is 2.98. The van der Waals surface area contributed by atoms with Gasteiger partial charge in [0.1, 0.15) is 5.82 Å². The Balaban J connectivity index is 1.53. The molecule has 21 heavy (non-hydrogen) atoms. The van der Waals surface area contributed by atoms with Gasteiger partial charge in [0, 0.05) is 37.9 Å². The first-order chi connectivity index (χ1) is 10.1. The first-order valence-corrected chi connectivity index (χ1v) is 7.61. The number of aliphatic carboxylic acids is 1. The molecule has 4 nitrogen and oxygen atoms in total. The smallest absolute Gasteiger partial charge is 0.306 e. The zero-order valence-corrected chi connectivity index (χ0v) is 12.0. The van der Waals surface area contributed by atoms with E-state index in [0.29, 0.717) is 6.04 Å². The first-order valence-electron chi connectivity index (χ1n) is 7.61. The third kappa shape index (κ3) is 3.18. The molecule has 114 valence electrons. The molecule has 0 bridgehead atoms. The van der Waals surface area contributed by atoms with E-state index >= 15 is 0 Å². The summed E-state index contributed by atoms with van der Waals surface area (Å²) in [6.07, 6.45) is 2.58. The van der Waals surface area contributed by atoms with Crippen LogP contribution in [0.5, 0.6) is 0 Å². The summed E-state index contributed by atoms with van der Waals surface area (Å²) in [5.41, 5.74) is 1.06. The number of nitrogens with zero attached hydrogens (tertiary/aromatic N) is 2. The van der Waals surface area contributed by atoms with Crippen molar-refractivity contribution >= 4 is 11.7 Å². The van der Waals surface area contributed by atoms with Crippen LogP contribution in [0.1, 0.15) is 19.3 Å². The monoisotopic (exact) mass is 292 g/mol. The molecule has 1 heterocycles. The van der Waals surface area contributed by atoms with Gasteiger partial charge in [0.15, 0.2) is 0 Å². The minimum atomic E-state index is -0.651. The maximum atomic E-state index is 12.9. The lowest BCUT2D eigenvalue weighted by molar-refractivity contribution is -0.141. The summed E-state index contributed by atoms with van der Waals surface area (Å²) in [4.78, 5) is 15.7. The molecule has 5 heteroatoms. The van der Waals surface area contributed by atoms with Crippen molar-refractivity contribution in [3.63, 3.8) is 0 Å². The van der Waals surface area contributed by atoms with Gasteiger partial charge in [-0.25, -0.2) is 4.39 Å². The number of carboxylic acids is 1. The summed E-state index contributed by atoms with van der Waals surface area (Å²) >= 11 is 0. The lowest BCUT2D eigenvalue weighted by Gasteiger charge is -2.39. The molecule has 0 spiro atoms. The van der Waals surface area contributed by atoms with Gasteiger partial charge in [0.25, 0.3) is 0 Å². The lowest BCUT2D eigenvalue weighted by atomic mass is 10.1. The minimum absolute atomic E-state index is 0.162. The van der Waals surface area contributed by atoms with Crippen LogP contribution in [0.3, 0.4) is 0 Å². The van der Waals surface area contributed by atoms with Gasteiger partial charge in [-0.3, -0.25) is 9.69 Å². The molecule has 1 aliphatic heterocycles. The molecule has 1 saturated heterocycles. The van der Waals surface area contributed by atoms with Crippen molar-refractivity contribution in [2.45, 2.75) is 25.3 Å². The van der Waals surface area contributed by atoms with Gasteiger partial charge in [0.2, 0.25) is 0 Å². The highest BCUT2D eigenvalue weighted by Gasteiger charge is 2.34. The van der Waals surface area contributed by atoms with Crippen LogP contribution in [0, 0.1) is 11.7 Å². The number of hydrogen-bond acceptors (Lipinski definition) is 3. The van der Waals surface area contributed by atoms with Gasteiger partial charge in [0.05, 0.1) is 5.92 Å². The normalized spacial score (nSPS) is 27.0. The molecule has 1 saturated carbocycles. The van der Waals surface area contributed by atoms with Crippen molar-refractivity contribution in [2.24, 2.45) is 5.92 Å². The number of rotatable bonds is 3. The van der Waals surface area contributed by atoms with Crippen LogP contribution in [0.25, 0.3) is 0 Å². The predicted octanol–water partition coefficient (Wildman–Crippen LogP) is 2.20. The second kappa shape index (κ2) is 6.02. The van der Waals surface area contributed by atoms with Gasteiger partial charge < -0.3 is 10.0 Å². The van der Waals surface area contributed by atoms with E-state index in [1.54, 1.807) is 0 Å². The van der Waals surface area contributed by atoms with Gasteiger partial charge in [-0.05, 0) is 43.5 Å². The molecular formula is C16H21FN2O2. The van der Waals surface area contributed by atoms with Crippen LogP contribution >= 0.6 is 0 Å². The van der Waals surface area contributed by atoms with Gasteiger partial charge in [-0.2, -0.15) is 0 Å². The molecular weight excluding hydrogens is 271 g/mol. The molecule has 1 N–H and O–H groups in total. The number of piperazine rings is 1. The number of hydrogen-bond donors (Lipinski definition) is 1. The van der Waals surface area contributed by atoms with Crippen molar-refractivity contribution in [2.75, 3.05) is 31.1 Å². The fraction of sp³-hybridized carbons (Fsp3) is 0.562. The van der Waals surface area contributed by atoms with Crippen molar-refractivity contribution in [3.8, 4) is 0 Å². The second-order valence-corrected chi connectivity index (χ2v) is 6.00. The zero-order chi connectivity index (χ0) is 14.8. The Bertz CT molecular complexity index is 498. The molecule has 2 aliphatic rings. The zero-order valence-electron chi connectivity index (χ0n) is 12.0. The summed E-state index contributed by atoms with van der Waals surface area (Å²) in [5.74, 6) is -1.02. The Kier molecular flexibility index (Phi) is 4.10. The SMILES string of the molecule is O=C(O)[C@H]1CC[C@H](N2CCN(c3ccc(F)cc3)CC2)C1. The standard InChI is InChI=1S/C16H21FN2O2/c17-13-2-5-14(6-3-13)18-7-9-19(10-8-18)15-4-1-12(11-15)16(20)21/h2-3,5-6,12,15H,1,4,7-11H2,(H,20,21)/t12-,15-/m0/s1. The van der Waals surface area contributed by atoms with Crippen molar-refractivity contribution in [1.29, 1.82) is 0 Å². The number of carbonyl (C=O) groups is 1. The lowest BCUT2D eigenvalue weighted by Crippen LogP contribution is -2.49. The van der Waals surface area contributed by atoms with Gasteiger partial charge in [-0.15, -0.1) is 0 Å². The molecule has 1 aromatic rings. The molecule has 0 radical (unpaired) electrons. The third-order valence-corrected chi connectivity index (χ3v) is 4.78. The number of benzene rings is 1. The Morgan fingerprint density at radius 3 is 2.33 bits per heavy atom. The summed E-state index contributed by atoms with van der Waals surface area (Å²) < 4.78 is 12.9. The maximum absolute atomic E-state index is 12.9. The summed E-state index contributed by atoms with van der Waals surface area (Å²) in [7, 11) is 0. The highest BCUT2D eigenvalue weighted by atomic mass is 19.1. The maximum Gasteiger partial charge on any atom is 0.306 e. The number of halogens is 1. The molecule has 0 unspecified atom stereocenters. The molecule has 1 aliphatic carbocycles. The largest absolute Gasteiger partial charge is 0.481 e. The Morgan fingerprint density at radius 1 is 1.10 bits per heavy atom. The highest BCUT2D eigenvalue weighted by Crippen LogP contribution is 2.30. The summed E-state index contributed by atoms with van der Waals surface area (Å²) in [5, 5.41) is 9.09. The quantitative estimate of drug-likeness (QED) is 0.927. The number of anilines is 1. The van der Waals surface area contributed by atoms with Crippen molar-refractivity contribution < 1.29 is 14.3 Å². The molecule has 2 atom stereocenters. The van der Waals surface area contributed by atoms with Crippen molar-refractivity contribution in [1.82, 2.24) is 4.90 Å². The van der Waals surface area contributed by atoms with Crippen molar-refractivity contribution in [3.05, 3.63) is 30.1 Å². The second-order valence-electron chi connectivity index (χ2n) is 6.00. The third-order valence-electron chi connectivity index (χ3n) is 4.78. The van der Waals surface area contributed by atoms with Crippen LogP contribution in [0.15, 0.2) is 24.3 Å². The van der Waals surface area contributed by atoms with Crippen LogP contribution in [-0.4, -0.2) is 48.2 Å². The van der Waals surface area contributed by atoms with E-state index in [0.717, 1.165) is 51.1 Å². The number of carboxylic acid groups (broad SMARTS) is 1. The summed E-state index contributed by atoms with van der Waals surface area (Å²) in [6.45, 7) is 3.74. The van der Waals surface area contributed by atoms with E-state index in [9.17, 15) is 9.18 Å².